The van der Waals surface area contributed by atoms with E-state index >= 15 is 0 Å². The second-order valence-corrected chi connectivity index (χ2v) is 9.64. The lowest BCUT2D eigenvalue weighted by Crippen LogP contribution is -2.47. The number of piperidine rings is 1. The van der Waals surface area contributed by atoms with Crippen molar-refractivity contribution in [1.29, 1.82) is 0 Å². The number of hydrogen-bond acceptors (Lipinski definition) is 5. The first-order chi connectivity index (χ1) is 11.4. The van der Waals surface area contributed by atoms with Crippen LogP contribution in [0.15, 0.2) is 16.8 Å². The van der Waals surface area contributed by atoms with E-state index in [9.17, 15) is 13.2 Å². The molecule has 2 aliphatic heterocycles. The summed E-state index contributed by atoms with van der Waals surface area (Å²) in [5, 5.41) is 3.79. The van der Waals surface area contributed by atoms with E-state index in [-0.39, 0.29) is 17.2 Å². The van der Waals surface area contributed by atoms with Crippen LogP contribution in [-0.4, -0.2) is 69.7 Å². The average molecular weight is 373 g/mol. The number of ether oxygens (including phenoxy) is 1. The number of rotatable bonds is 4. The maximum atomic E-state index is 12.5. The molecule has 0 N–H and O–H groups in total. The van der Waals surface area contributed by atoms with Crippen molar-refractivity contribution in [3.05, 3.63) is 22.4 Å². The van der Waals surface area contributed by atoms with Crippen molar-refractivity contribution in [2.45, 2.75) is 12.8 Å². The summed E-state index contributed by atoms with van der Waals surface area (Å²) in [6.07, 6.45) is 2.91. The fourth-order valence-electron chi connectivity index (χ4n) is 3.96. The average Bonchev–Trinajstić information content (AvgIpc) is 3.17. The highest BCUT2D eigenvalue weighted by Gasteiger charge is 2.50. The van der Waals surface area contributed by atoms with E-state index in [1.807, 2.05) is 21.7 Å². The van der Waals surface area contributed by atoms with E-state index in [0.29, 0.717) is 32.8 Å². The summed E-state index contributed by atoms with van der Waals surface area (Å²) >= 11 is 1.52. The predicted molar refractivity (Wildman–Crippen MR) is 93.7 cm³/mol. The highest BCUT2D eigenvalue weighted by atomic mass is 32.2. The highest BCUT2D eigenvalue weighted by molar-refractivity contribution is 7.88. The van der Waals surface area contributed by atoms with Crippen molar-refractivity contribution in [2.75, 3.05) is 46.2 Å². The molecule has 2 saturated heterocycles. The molecule has 8 heteroatoms. The van der Waals surface area contributed by atoms with Crippen LogP contribution in [0.5, 0.6) is 0 Å². The van der Waals surface area contributed by atoms with Crippen LogP contribution in [0, 0.1) is 11.3 Å². The topological polar surface area (TPSA) is 66.9 Å². The monoisotopic (exact) mass is 372 g/mol. The SMILES string of the molecule is COC[C@@H]1CN(S(C)(=O)=O)CC12CCN(C(=O)c1ccsc1)CC2. The molecule has 3 heterocycles. The molecule has 134 valence electrons. The summed E-state index contributed by atoms with van der Waals surface area (Å²) in [6.45, 7) is 2.97. The quantitative estimate of drug-likeness (QED) is 0.803. The highest BCUT2D eigenvalue weighted by Crippen LogP contribution is 2.45. The molecule has 0 saturated carbocycles. The zero-order valence-corrected chi connectivity index (χ0v) is 15.7. The number of likely N-dealkylation sites (tertiary alicyclic amines) is 1. The van der Waals surface area contributed by atoms with Crippen molar-refractivity contribution in [1.82, 2.24) is 9.21 Å². The van der Waals surface area contributed by atoms with Crippen LogP contribution in [0.25, 0.3) is 0 Å². The standard InChI is InChI=1S/C16H24N2O4S2/c1-22-10-14-9-18(24(2,20)21)12-16(14)4-6-17(7-5-16)15(19)13-3-8-23-11-13/h3,8,11,14H,4-7,9-10,12H2,1-2H3/t14-/m0/s1. The molecule has 2 aliphatic rings. The van der Waals surface area contributed by atoms with Crippen LogP contribution in [0.1, 0.15) is 23.2 Å². The zero-order valence-electron chi connectivity index (χ0n) is 14.1. The van der Waals surface area contributed by atoms with Gasteiger partial charge in [-0.2, -0.15) is 11.3 Å². The smallest absolute Gasteiger partial charge is 0.254 e. The van der Waals surface area contributed by atoms with Crippen LogP contribution in [-0.2, 0) is 14.8 Å². The van der Waals surface area contributed by atoms with Gasteiger partial charge in [0.1, 0.15) is 0 Å². The zero-order chi connectivity index (χ0) is 17.4. The Hall–Kier alpha value is -0.960. The van der Waals surface area contributed by atoms with Crippen LogP contribution in [0.4, 0.5) is 0 Å². The minimum absolute atomic E-state index is 0.0763. The van der Waals surface area contributed by atoms with Crippen molar-refractivity contribution >= 4 is 27.3 Å². The summed E-state index contributed by atoms with van der Waals surface area (Å²) in [5.74, 6) is 0.267. The minimum Gasteiger partial charge on any atom is -0.384 e. The van der Waals surface area contributed by atoms with Gasteiger partial charge in [-0.05, 0) is 29.7 Å². The molecule has 0 aromatic carbocycles. The van der Waals surface area contributed by atoms with Crippen LogP contribution < -0.4 is 0 Å². The van der Waals surface area contributed by atoms with Crippen LogP contribution in [0.2, 0.25) is 0 Å². The van der Waals surface area contributed by atoms with E-state index in [2.05, 4.69) is 0 Å². The molecule has 0 unspecified atom stereocenters. The number of carbonyl (C=O) groups excluding carboxylic acids is 1. The van der Waals surface area contributed by atoms with Gasteiger partial charge in [0.15, 0.2) is 0 Å². The van der Waals surface area contributed by atoms with E-state index in [0.717, 1.165) is 18.4 Å². The second kappa shape index (κ2) is 6.74. The van der Waals surface area contributed by atoms with Gasteiger partial charge in [-0.25, -0.2) is 12.7 Å². The molecule has 24 heavy (non-hydrogen) atoms. The fourth-order valence-corrected chi connectivity index (χ4v) is 5.53. The number of carbonyl (C=O) groups is 1. The van der Waals surface area contributed by atoms with Crippen LogP contribution >= 0.6 is 11.3 Å². The van der Waals surface area contributed by atoms with Crippen molar-refractivity contribution < 1.29 is 17.9 Å². The molecule has 1 aromatic heterocycles. The Morgan fingerprint density at radius 3 is 2.67 bits per heavy atom. The summed E-state index contributed by atoms with van der Waals surface area (Å²) < 4.78 is 30.8. The van der Waals surface area contributed by atoms with Crippen molar-refractivity contribution in [3.8, 4) is 0 Å². The Morgan fingerprint density at radius 2 is 2.12 bits per heavy atom. The molecule has 3 rings (SSSR count). The summed E-state index contributed by atoms with van der Waals surface area (Å²) in [7, 11) is -1.54. The Balaban J connectivity index is 1.71. The summed E-state index contributed by atoms with van der Waals surface area (Å²) in [4.78, 5) is 14.4. The number of thiophene rings is 1. The number of amides is 1. The Morgan fingerprint density at radius 1 is 1.42 bits per heavy atom. The summed E-state index contributed by atoms with van der Waals surface area (Å²) in [6, 6.07) is 1.85. The molecule has 0 aliphatic carbocycles. The third kappa shape index (κ3) is 3.37. The number of nitrogens with zero attached hydrogens (tertiary/aromatic N) is 2. The largest absolute Gasteiger partial charge is 0.384 e. The fraction of sp³-hybridized carbons (Fsp3) is 0.688. The lowest BCUT2D eigenvalue weighted by Gasteiger charge is -2.42. The minimum atomic E-state index is -3.20. The Bertz CT molecular complexity index is 679. The van der Waals surface area contributed by atoms with E-state index in [1.54, 1.807) is 11.4 Å². The summed E-state index contributed by atoms with van der Waals surface area (Å²) in [5.41, 5.74) is 0.665. The van der Waals surface area contributed by atoms with Gasteiger partial charge < -0.3 is 9.64 Å². The van der Waals surface area contributed by atoms with Gasteiger partial charge in [0.25, 0.3) is 5.91 Å². The van der Waals surface area contributed by atoms with Gasteiger partial charge >= 0.3 is 0 Å². The van der Waals surface area contributed by atoms with Gasteiger partial charge in [0, 0.05) is 44.6 Å². The Labute approximate surface area is 147 Å². The predicted octanol–water partition coefficient (Wildman–Crippen LogP) is 1.51. The number of hydrogen-bond donors (Lipinski definition) is 0. The molecule has 0 radical (unpaired) electrons. The second-order valence-electron chi connectivity index (χ2n) is 6.87. The third-order valence-corrected chi connectivity index (χ3v) is 7.33. The molecular formula is C16H24N2O4S2. The molecule has 1 atom stereocenters. The van der Waals surface area contributed by atoms with Gasteiger partial charge in [0.2, 0.25) is 10.0 Å². The third-order valence-electron chi connectivity index (χ3n) is 5.43. The molecule has 2 fully saturated rings. The Kier molecular flexibility index (Phi) is 5.01. The molecule has 1 aromatic rings. The van der Waals surface area contributed by atoms with Gasteiger partial charge in [-0.1, -0.05) is 0 Å². The first kappa shape index (κ1) is 17.8. The molecule has 6 nitrogen and oxygen atoms in total. The van der Waals surface area contributed by atoms with E-state index < -0.39 is 10.0 Å². The molecular weight excluding hydrogens is 348 g/mol. The van der Waals surface area contributed by atoms with Crippen molar-refractivity contribution in [3.63, 3.8) is 0 Å². The first-order valence-electron chi connectivity index (χ1n) is 8.11. The van der Waals surface area contributed by atoms with E-state index in [1.165, 1.54) is 17.6 Å². The maximum absolute atomic E-state index is 12.5. The van der Waals surface area contributed by atoms with Gasteiger partial charge in [-0.15, -0.1) is 0 Å². The van der Waals surface area contributed by atoms with Gasteiger partial charge in [0.05, 0.1) is 18.4 Å². The van der Waals surface area contributed by atoms with Crippen LogP contribution in [0.3, 0.4) is 0 Å². The van der Waals surface area contributed by atoms with E-state index in [4.69, 9.17) is 4.74 Å². The maximum Gasteiger partial charge on any atom is 0.254 e. The number of sulfonamides is 1. The van der Waals surface area contributed by atoms with Crippen molar-refractivity contribution in [2.24, 2.45) is 11.3 Å². The molecule has 1 amide bonds. The molecule has 1 spiro atoms. The van der Waals surface area contributed by atoms with Gasteiger partial charge in [-0.3, -0.25) is 4.79 Å². The normalized spacial score (nSPS) is 24.6. The number of methoxy groups -OCH3 is 1. The lowest BCUT2D eigenvalue weighted by molar-refractivity contribution is 0.0328. The lowest BCUT2D eigenvalue weighted by atomic mass is 9.71. The first-order valence-corrected chi connectivity index (χ1v) is 10.9. The molecule has 0 bridgehead atoms.